The van der Waals surface area contributed by atoms with E-state index in [1.165, 1.54) is 6.20 Å². The summed E-state index contributed by atoms with van der Waals surface area (Å²) in [5, 5.41) is 4.07. The molecule has 0 atom stereocenters. The zero-order chi connectivity index (χ0) is 13.6. The van der Waals surface area contributed by atoms with E-state index in [4.69, 9.17) is 15.4 Å². The molecule has 0 N–H and O–H groups in total. The topological polar surface area (TPSA) is 61.2 Å². The highest BCUT2D eigenvalue weighted by Crippen LogP contribution is 2.21. The Bertz CT molecular complexity index is 471. The first-order valence-electron chi connectivity index (χ1n) is 6.07. The van der Waals surface area contributed by atoms with Crippen LogP contribution in [0.3, 0.4) is 0 Å². The Kier molecular flexibility index (Phi) is 6.11. The van der Waals surface area contributed by atoms with Crippen LogP contribution in [0.25, 0.3) is 0 Å². The van der Waals surface area contributed by atoms with Crippen molar-refractivity contribution in [1.29, 1.82) is 0 Å². The number of rotatable bonds is 8. The number of hydrogen-bond donors (Lipinski definition) is 0. The molecule has 104 valence electrons. The fourth-order valence-corrected chi connectivity index (χ4v) is 2.56. The van der Waals surface area contributed by atoms with Gasteiger partial charge in [0, 0.05) is 23.8 Å². The minimum Gasteiger partial charge on any atom is -0.375 e. The number of aryl methyl sites for hydroxylation is 1. The van der Waals surface area contributed by atoms with Crippen LogP contribution in [0, 0.1) is 0 Å². The standard InChI is InChI=1S/C11H19ClN2O3S/c1-3-5-6-14-10(9-17-7-4-2)11(8-13-14)18(12,15)16/h8H,3-7,9H2,1-2H3. The molecule has 0 saturated carbocycles. The third-order valence-electron chi connectivity index (χ3n) is 2.48. The van der Waals surface area contributed by atoms with Gasteiger partial charge in [0.05, 0.1) is 18.5 Å². The SMILES string of the molecule is CCCCn1ncc(S(=O)(=O)Cl)c1COCCC. The Morgan fingerprint density at radius 1 is 1.39 bits per heavy atom. The molecule has 0 amide bonds. The van der Waals surface area contributed by atoms with Gasteiger partial charge in [0.15, 0.2) is 0 Å². The number of hydrogen-bond acceptors (Lipinski definition) is 4. The average Bonchev–Trinajstić information content (AvgIpc) is 2.69. The molecule has 1 heterocycles. The molecule has 0 aromatic carbocycles. The van der Waals surface area contributed by atoms with E-state index in [-0.39, 0.29) is 11.5 Å². The van der Waals surface area contributed by atoms with E-state index < -0.39 is 9.05 Å². The van der Waals surface area contributed by atoms with Crippen LogP contribution in [-0.2, 0) is 26.9 Å². The first-order chi connectivity index (χ1) is 8.50. The maximum absolute atomic E-state index is 11.4. The summed E-state index contributed by atoms with van der Waals surface area (Å²) in [5.74, 6) is 0. The van der Waals surface area contributed by atoms with Crippen LogP contribution in [0.15, 0.2) is 11.1 Å². The molecule has 0 radical (unpaired) electrons. The van der Waals surface area contributed by atoms with Crippen LogP contribution in [0.2, 0.25) is 0 Å². The van der Waals surface area contributed by atoms with E-state index in [0.717, 1.165) is 19.3 Å². The van der Waals surface area contributed by atoms with Gasteiger partial charge in [-0.15, -0.1) is 0 Å². The van der Waals surface area contributed by atoms with Gasteiger partial charge in [-0.3, -0.25) is 4.68 Å². The Balaban J connectivity index is 2.94. The monoisotopic (exact) mass is 294 g/mol. The first kappa shape index (κ1) is 15.5. The number of aromatic nitrogens is 2. The van der Waals surface area contributed by atoms with Gasteiger partial charge >= 0.3 is 0 Å². The molecule has 0 bridgehead atoms. The summed E-state index contributed by atoms with van der Waals surface area (Å²) in [7, 11) is 1.62. The molecular formula is C11H19ClN2O3S. The molecular weight excluding hydrogens is 276 g/mol. The molecule has 7 heteroatoms. The quantitative estimate of drug-likeness (QED) is 0.546. The van der Waals surface area contributed by atoms with Gasteiger partial charge in [-0.05, 0) is 12.8 Å². The Hall–Kier alpha value is -0.590. The summed E-state index contributed by atoms with van der Waals surface area (Å²) < 4.78 is 29.9. The van der Waals surface area contributed by atoms with Crippen LogP contribution >= 0.6 is 10.7 Å². The molecule has 1 aromatic heterocycles. The summed E-state index contributed by atoms with van der Waals surface area (Å²) in [6.07, 6.45) is 4.12. The minimum absolute atomic E-state index is 0.0522. The lowest BCUT2D eigenvalue weighted by atomic mass is 10.3. The number of ether oxygens (including phenoxy) is 1. The molecule has 1 rings (SSSR count). The largest absolute Gasteiger partial charge is 0.375 e. The molecule has 0 fully saturated rings. The molecule has 0 spiro atoms. The maximum Gasteiger partial charge on any atom is 0.264 e. The van der Waals surface area contributed by atoms with E-state index in [9.17, 15) is 8.42 Å². The summed E-state index contributed by atoms with van der Waals surface area (Å²) in [6.45, 7) is 5.54. The van der Waals surface area contributed by atoms with Crippen molar-refractivity contribution in [3.05, 3.63) is 11.9 Å². The number of nitrogens with zero attached hydrogens (tertiary/aromatic N) is 2. The highest BCUT2D eigenvalue weighted by Gasteiger charge is 2.21. The zero-order valence-electron chi connectivity index (χ0n) is 10.7. The van der Waals surface area contributed by atoms with Crippen molar-refractivity contribution in [2.75, 3.05) is 6.61 Å². The molecule has 0 saturated heterocycles. The highest BCUT2D eigenvalue weighted by molar-refractivity contribution is 8.13. The molecule has 0 unspecified atom stereocenters. The molecule has 0 aliphatic heterocycles. The lowest BCUT2D eigenvalue weighted by Gasteiger charge is -2.08. The molecule has 18 heavy (non-hydrogen) atoms. The van der Waals surface area contributed by atoms with E-state index in [0.29, 0.717) is 18.8 Å². The fourth-order valence-electron chi connectivity index (χ4n) is 1.56. The minimum atomic E-state index is -3.77. The molecule has 0 aliphatic carbocycles. The Morgan fingerprint density at radius 3 is 2.67 bits per heavy atom. The van der Waals surface area contributed by atoms with Gasteiger partial charge in [-0.1, -0.05) is 20.3 Å². The average molecular weight is 295 g/mol. The fraction of sp³-hybridized carbons (Fsp3) is 0.727. The Morgan fingerprint density at radius 2 is 2.11 bits per heavy atom. The van der Waals surface area contributed by atoms with Crippen molar-refractivity contribution >= 4 is 19.7 Å². The zero-order valence-corrected chi connectivity index (χ0v) is 12.3. The van der Waals surface area contributed by atoms with Gasteiger partial charge in [-0.2, -0.15) is 5.10 Å². The van der Waals surface area contributed by atoms with E-state index >= 15 is 0 Å². The Labute approximate surface area is 113 Å². The van der Waals surface area contributed by atoms with Gasteiger partial charge in [0.1, 0.15) is 4.90 Å². The van der Waals surface area contributed by atoms with Gasteiger partial charge in [0.2, 0.25) is 0 Å². The summed E-state index contributed by atoms with van der Waals surface area (Å²) >= 11 is 0. The van der Waals surface area contributed by atoms with Crippen molar-refractivity contribution in [1.82, 2.24) is 9.78 Å². The third kappa shape index (κ3) is 4.26. The van der Waals surface area contributed by atoms with Crippen molar-refractivity contribution in [2.24, 2.45) is 0 Å². The second-order valence-corrected chi connectivity index (χ2v) is 6.56. The summed E-state index contributed by atoms with van der Waals surface area (Å²) in [4.78, 5) is 0.0522. The van der Waals surface area contributed by atoms with E-state index in [1.807, 2.05) is 6.92 Å². The lowest BCUT2D eigenvalue weighted by molar-refractivity contribution is 0.113. The van der Waals surface area contributed by atoms with Crippen molar-refractivity contribution in [3.63, 3.8) is 0 Å². The normalized spacial score (nSPS) is 11.9. The van der Waals surface area contributed by atoms with E-state index in [2.05, 4.69) is 12.0 Å². The predicted molar refractivity (Wildman–Crippen MR) is 70.1 cm³/mol. The van der Waals surface area contributed by atoms with E-state index in [1.54, 1.807) is 4.68 Å². The second kappa shape index (κ2) is 7.11. The molecule has 0 aliphatic rings. The highest BCUT2D eigenvalue weighted by atomic mass is 35.7. The van der Waals surface area contributed by atoms with Crippen LogP contribution < -0.4 is 0 Å². The van der Waals surface area contributed by atoms with Gasteiger partial charge in [0.25, 0.3) is 9.05 Å². The van der Waals surface area contributed by atoms with Crippen molar-refractivity contribution in [3.8, 4) is 0 Å². The summed E-state index contributed by atoms with van der Waals surface area (Å²) in [6, 6.07) is 0. The predicted octanol–water partition coefficient (Wildman–Crippen LogP) is 2.54. The van der Waals surface area contributed by atoms with Crippen molar-refractivity contribution in [2.45, 2.75) is 51.2 Å². The van der Waals surface area contributed by atoms with Crippen LogP contribution in [0.1, 0.15) is 38.8 Å². The maximum atomic E-state index is 11.4. The summed E-state index contributed by atoms with van der Waals surface area (Å²) in [5.41, 5.74) is 0.534. The van der Waals surface area contributed by atoms with Gasteiger partial charge in [-0.25, -0.2) is 8.42 Å². The lowest BCUT2D eigenvalue weighted by Crippen LogP contribution is -2.09. The van der Waals surface area contributed by atoms with Crippen LogP contribution in [0.5, 0.6) is 0 Å². The molecule has 5 nitrogen and oxygen atoms in total. The number of halogens is 1. The van der Waals surface area contributed by atoms with Crippen LogP contribution in [0.4, 0.5) is 0 Å². The van der Waals surface area contributed by atoms with Gasteiger partial charge < -0.3 is 4.74 Å². The van der Waals surface area contributed by atoms with Crippen molar-refractivity contribution < 1.29 is 13.2 Å². The second-order valence-electron chi connectivity index (χ2n) is 4.02. The third-order valence-corrected chi connectivity index (χ3v) is 3.85. The number of unbranched alkanes of at least 4 members (excludes halogenated alkanes) is 1. The van der Waals surface area contributed by atoms with Crippen LogP contribution in [-0.4, -0.2) is 24.8 Å². The smallest absolute Gasteiger partial charge is 0.264 e. The first-order valence-corrected chi connectivity index (χ1v) is 8.38. The molecule has 1 aromatic rings.